The van der Waals surface area contributed by atoms with E-state index in [1.807, 2.05) is 12.2 Å². The van der Waals surface area contributed by atoms with Crippen LogP contribution >= 0.6 is 0 Å². The zero-order valence-electron chi connectivity index (χ0n) is 40.1. The Kier molecular flexibility index (Phi) is 46.6. The highest BCUT2D eigenvalue weighted by Crippen LogP contribution is 2.16. The van der Waals surface area contributed by atoms with Gasteiger partial charge in [-0.2, -0.15) is 0 Å². The minimum atomic E-state index is -0.809. The largest absolute Gasteiger partial charge is 0.458 e. The van der Waals surface area contributed by atoms with Crippen molar-refractivity contribution in [1.29, 1.82) is 0 Å². The number of amides is 1. The lowest BCUT2D eigenvalue weighted by Gasteiger charge is -2.23. The Hall–Kier alpha value is -1.92. The van der Waals surface area contributed by atoms with E-state index in [4.69, 9.17) is 4.74 Å². The molecule has 1 amide bonds. The molecule has 60 heavy (non-hydrogen) atoms. The molecule has 0 aromatic carbocycles. The summed E-state index contributed by atoms with van der Waals surface area (Å²) in [4.78, 5) is 26.0. The molecule has 0 aliphatic heterocycles. The average Bonchev–Trinajstić information content (AvgIpc) is 3.24. The fourth-order valence-corrected chi connectivity index (χ4v) is 7.92. The highest BCUT2D eigenvalue weighted by Gasteiger charge is 2.23. The summed E-state index contributed by atoms with van der Waals surface area (Å²) in [6, 6.07) is -0.731. The number of hydrogen-bond acceptors (Lipinski definition) is 5. The second-order valence-corrected chi connectivity index (χ2v) is 17.9. The van der Waals surface area contributed by atoms with Gasteiger partial charge in [0.1, 0.15) is 6.10 Å². The van der Waals surface area contributed by atoms with Crippen LogP contribution < -0.4 is 5.32 Å². The van der Waals surface area contributed by atoms with Crippen LogP contribution in [-0.4, -0.2) is 46.9 Å². The first-order valence-corrected chi connectivity index (χ1v) is 26.2. The number of esters is 1. The van der Waals surface area contributed by atoms with E-state index in [-0.39, 0.29) is 24.9 Å². The first-order valence-electron chi connectivity index (χ1n) is 26.2. The van der Waals surface area contributed by atoms with E-state index in [1.165, 1.54) is 173 Å². The minimum absolute atomic E-state index is 0.0296. The van der Waals surface area contributed by atoms with Crippen molar-refractivity contribution in [1.82, 2.24) is 5.32 Å². The number of rotatable bonds is 47. The van der Waals surface area contributed by atoms with E-state index < -0.39 is 18.2 Å². The van der Waals surface area contributed by atoms with Gasteiger partial charge in [0.15, 0.2) is 0 Å². The lowest BCUT2D eigenvalue weighted by atomic mass is 10.0. The molecule has 0 aromatic rings. The number of hydrogen-bond donors (Lipinski definition) is 3. The van der Waals surface area contributed by atoms with Crippen LogP contribution in [0, 0.1) is 0 Å². The van der Waals surface area contributed by atoms with Crippen molar-refractivity contribution in [3.63, 3.8) is 0 Å². The van der Waals surface area contributed by atoms with E-state index in [1.54, 1.807) is 0 Å². The van der Waals surface area contributed by atoms with Gasteiger partial charge >= 0.3 is 5.97 Å². The van der Waals surface area contributed by atoms with Gasteiger partial charge in [-0.25, -0.2) is 0 Å². The molecule has 0 bridgehead atoms. The van der Waals surface area contributed by atoms with Crippen molar-refractivity contribution < 1.29 is 24.5 Å². The molecule has 3 atom stereocenters. The van der Waals surface area contributed by atoms with Crippen LogP contribution in [0.1, 0.15) is 271 Å². The van der Waals surface area contributed by atoms with Gasteiger partial charge in [-0.1, -0.05) is 231 Å². The molecular formula is C54H101NO5. The van der Waals surface area contributed by atoms with Gasteiger partial charge in [0, 0.05) is 6.42 Å². The molecule has 0 spiro atoms. The molecular weight excluding hydrogens is 743 g/mol. The summed E-state index contributed by atoms with van der Waals surface area (Å²) >= 11 is 0. The fraction of sp³-hybridized carbons (Fsp3) is 0.852. The number of carbonyl (C=O) groups is 2. The van der Waals surface area contributed by atoms with Crippen LogP contribution in [-0.2, 0) is 14.3 Å². The smallest absolute Gasteiger partial charge is 0.306 e. The number of ether oxygens (including phenoxy) is 1. The summed E-state index contributed by atoms with van der Waals surface area (Å²) in [6.45, 7) is 6.45. The molecule has 0 radical (unpaired) electrons. The zero-order valence-corrected chi connectivity index (χ0v) is 40.1. The molecule has 0 rings (SSSR count). The van der Waals surface area contributed by atoms with Crippen molar-refractivity contribution in [2.24, 2.45) is 0 Å². The molecule has 0 aliphatic rings. The second-order valence-electron chi connectivity index (χ2n) is 17.9. The molecule has 6 heteroatoms. The molecule has 3 unspecified atom stereocenters. The molecule has 0 aromatic heterocycles. The maximum Gasteiger partial charge on any atom is 0.306 e. The zero-order chi connectivity index (χ0) is 43.8. The Morgan fingerprint density at radius 1 is 0.500 bits per heavy atom. The van der Waals surface area contributed by atoms with Crippen LogP contribution in [0.2, 0.25) is 0 Å². The number of nitrogens with one attached hydrogen (secondary N) is 1. The first-order chi connectivity index (χ1) is 29.5. The normalized spacial score (nSPS) is 13.5. The van der Waals surface area contributed by atoms with Gasteiger partial charge in [0.25, 0.3) is 0 Å². The van der Waals surface area contributed by atoms with Gasteiger partial charge in [-0.15, -0.1) is 0 Å². The molecule has 0 aliphatic carbocycles. The lowest BCUT2D eigenvalue weighted by molar-refractivity contribution is -0.148. The SMILES string of the molecule is CCCCCCCC/C=C\C/C=C/C(CC(=O)NC(CO)C(O)CCCCCCCCCCCCCC)OC(=O)CCCCCCC/C=C/CCCCCCCCCCC. The Bertz CT molecular complexity index is 993. The summed E-state index contributed by atoms with van der Waals surface area (Å²) in [6.07, 6.45) is 56.7. The van der Waals surface area contributed by atoms with Crippen molar-refractivity contribution in [2.45, 2.75) is 289 Å². The number of aliphatic hydroxyl groups is 2. The summed E-state index contributed by atoms with van der Waals surface area (Å²) in [7, 11) is 0. The molecule has 352 valence electrons. The van der Waals surface area contributed by atoms with Gasteiger partial charge in [-0.3, -0.25) is 9.59 Å². The van der Waals surface area contributed by atoms with Crippen molar-refractivity contribution in [3.8, 4) is 0 Å². The quantitative estimate of drug-likeness (QED) is 0.0322. The number of allylic oxidation sites excluding steroid dienone is 5. The number of carbonyl (C=O) groups excluding carboxylic acids is 2. The lowest BCUT2D eigenvalue weighted by Crippen LogP contribution is -2.46. The third kappa shape index (κ3) is 42.8. The fourth-order valence-electron chi connectivity index (χ4n) is 7.92. The Morgan fingerprint density at radius 3 is 1.32 bits per heavy atom. The molecule has 0 fully saturated rings. The molecule has 6 nitrogen and oxygen atoms in total. The molecule has 3 N–H and O–H groups in total. The number of aliphatic hydroxyl groups excluding tert-OH is 2. The van der Waals surface area contributed by atoms with Crippen LogP contribution in [0.15, 0.2) is 36.5 Å². The highest BCUT2D eigenvalue weighted by atomic mass is 16.5. The minimum Gasteiger partial charge on any atom is -0.458 e. The third-order valence-electron chi connectivity index (χ3n) is 11.9. The summed E-state index contributed by atoms with van der Waals surface area (Å²) in [5.74, 6) is -0.604. The number of unbranched alkanes of at least 4 members (excludes halogenated alkanes) is 31. The van der Waals surface area contributed by atoms with Crippen LogP contribution in [0.25, 0.3) is 0 Å². The van der Waals surface area contributed by atoms with E-state index in [9.17, 15) is 19.8 Å². The van der Waals surface area contributed by atoms with Gasteiger partial charge in [0.05, 0.1) is 25.2 Å². The standard InChI is InChI=1S/C54H101NO5/c1-4-7-10-13-16-19-22-24-25-26-27-28-29-32-35-38-41-44-47-54(59)60-50(45-42-39-36-33-30-21-18-15-12-9-6-3)48-53(58)55-51(49-56)52(57)46-43-40-37-34-31-23-20-17-14-11-8-5-2/h27-28,33,36,42,45,50-52,56-57H,4-26,29-32,34-35,37-41,43-44,46-49H2,1-3H3,(H,55,58)/b28-27+,36-33-,45-42+. The van der Waals surface area contributed by atoms with Crippen molar-refractivity contribution in [2.75, 3.05) is 6.61 Å². The second kappa shape index (κ2) is 48.1. The first kappa shape index (κ1) is 58.1. The van der Waals surface area contributed by atoms with E-state index in [2.05, 4.69) is 50.4 Å². The average molecular weight is 844 g/mol. The molecule has 0 heterocycles. The predicted octanol–water partition coefficient (Wildman–Crippen LogP) is 15.7. The Labute approximate surface area is 373 Å². The van der Waals surface area contributed by atoms with E-state index in [0.29, 0.717) is 12.8 Å². The Balaban J connectivity index is 4.57. The third-order valence-corrected chi connectivity index (χ3v) is 11.9. The maximum absolute atomic E-state index is 13.1. The van der Waals surface area contributed by atoms with E-state index >= 15 is 0 Å². The monoisotopic (exact) mass is 844 g/mol. The van der Waals surface area contributed by atoms with E-state index in [0.717, 1.165) is 57.8 Å². The van der Waals surface area contributed by atoms with Crippen molar-refractivity contribution in [3.05, 3.63) is 36.5 Å². The molecule has 0 saturated heterocycles. The molecule has 0 saturated carbocycles. The Morgan fingerprint density at radius 2 is 0.883 bits per heavy atom. The summed E-state index contributed by atoms with van der Waals surface area (Å²) < 4.78 is 5.83. The van der Waals surface area contributed by atoms with Crippen molar-refractivity contribution >= 4 is 11.9 Å². The topological polar surface area (TPSA) is 95.9 Å². The predicted molar refractivity (Wildman–Crippen MR) is 259 cm³/mol. The van der Waals surface area contributed by atoms with Gasteiger partial charge in [-0.05, 0) is 63.9 Å². The van der Waals surface area contributed by atoms with Gasteiger partial charge in [0.2, 0.25) is 5.91 Å². The summed E-state index contributed by atoms with van der Waals surface area (Å²) in [5.41, 5.74) is 0. The maximum atomic E-state index is 13.1. The van der Waals surface area contributed by atoms with Crippen LogP contribution in [0.5, 0.6) is 0 Å². The summed E-state index contributed by atoms with van der Waals surface area (Å²) in [5, 5.41) is 23.7. The van der Waals surface area contributed by atoms with Gasteiger partial charge < -0.3 is 20.3 Å². The highest BCUT2D eigenvalue weighted by molar-refractivity contribution is 5.78. The van der Waals surface area contributed by atoms with Crippen LogP contribution in [0.3, 0.4) is 0 Å². The van der Waals surface area contributed by atoms with Crippen LogP contribution in [0.4, 0.5) is 0 Å².